The van der Waals surface area contributed by atoms with Gasteiger partial charge in [0.2, 0.25) is 5.95 Å². The van der Waals surface area contributed by atoms with E-state index in [0.717, 1.165) is 37.0 Å². The van der Waals surface area contributed by atoms with E-state index < -0.39 is 4.92 Å². The third-order valence-electron chi connectivity index (χ3n) is 3.98. The summed E-state index contributed by atoms with van der Waals surface area (Å²) in [5.41, 5.74) is -0.0167. The summed E-state index contributed by atoms with van der Waals surface area (Å²) in [7, 11) is 0. The van der Waals surface area contributed by atoms with E-state index in [0.29, 0.717) is 24.3 Å². The Labute approximate surface area is 142 Å². The van der Waals surface area contributed by atoms with Gasteiger partial charge in [0, 0.05) is 25.2 Å². The van der Waals surface area contributed by atoms with Crippen LogP contribution in [0.4, 0.5) is 11.6 Å². The van der Waals surface area contributed by atoms with Crippen molar-refractivity contribution in [2.24, 2.45) is 0 Å². The van der Waals surface area contributed by atoms with Crippen LogP contribution in [-0.4, -0.2) is 51.0 Å². The highest BCUT2D eigenvalue weighted by Gasteiger charge is 2.32. The van der Waals surface area contributed by atoms with Crippen LogP contribution in [0.3, 0.4) is 0 Å². The van der Waals surface area contributed by atoms with Gasteiger partial charge < -0.3 is 9.64 Å². The molecule has 4 rings (SSSR count). The number of aromatic nitrogens is 4. The Hall–Kier alpha value is -2.20. The molecule has 9 nitrogen and oxygen atoms in total. The Morgan fingerprint density at radius 3 is 2.67 bits per heavy atom. The van der Waals surface area contributed by atoms with Crippen LogP contribution in [0.25, 0.3) is 0 Å². The molecule has 0 atom stereocenters. The average molecular weight is 348 g/mol. The molecule has 2 aromatic heterocycles. The molecule has 0 amide bonds. The molecule has 10 heteroatoms. The lowest BCUT2D eigenvalue weighted by molar-refractivity contribution is -0.385. The Bertz CT molecular complexity index is 739. The largest absolute Gasteiger partial charge is 0.378 e. The zero-order valence-corrected chi connectivity index (χ0v) is 13.7. The van der Waals surface area contributed by atoms with Crippen molar-refractivity contribution >= 4 is 23.4 Å². The number of nitro groups is 1. The van der Waals surface area contributed by atoms with Gasteiger partial charge in [0.05, 0.1) is 18.1 Å². The second-order valence-electron chi connectivity index (χ2n) is 5.70. The van der Waals surface area contributed by atoms with Crippen LogP contribution in [0.15, 0.2) is 28.5 Å². The summed E-state index contributed by atoms with van der Waals surface area (Å²) in [6.45, 7) is 3.02. The second kappa shape index (κ2) is 6.36. The third kappa shape index (κ3) is 3.06. The third-order valence-corrected chi connectivity index (χ3v) is 4.89. The van der Waals surface area contributed by atoms with Crippen molar-refractivity contribution in [3.8, 4) is 0 Å². The van der Waals surface area contributed by atoms with E-state index in [4.69, 9.17) is 4.74 Å². The number of morpholine rings is 1. The van der Waals surface area contributed by atoms with E-state index >= 15 is 0 Å². The number of rotatable bonds is 5. The predicted molar refractivity (Wildman–Crippen MR) is 86.3 cm³/mol. The van der Waals surface area contributed by atoms with Crippen LogP contribution in [0.1, 0.15) is 18.9 Å². The number of pyridine rings is 1. The van der Waals surface area contributed by atoms with Gasteiger partial charge in [-0.1, -0.05) is 0 Å². The van der Waals surface area contributed by atoms with E-state index in [1.165, 1.54) is 24.0 Å². The van der Waals surface area contributed by atoms with Crippen molar-refractivity contribution in [1.82, 2.24) is 19.7 Å². The number of nitrogens with zero attached hydrogens (tertiary/aromatic N) is 6. The maximum Gasteiger partial charge on any atom is 0.287 e. The molecule has 1 saturated carbocycles. The molecule has 2 aromatic rings. The Balaban J connectivity index is 1.58. The zero-order valence-electron chi connectivity index (χ0n) is 12.9. The van der Waals surface area contributed by atoms with Gasteiger partial charge in [-0.05, 0) is 30.7 Å². The predicted octanol–water partition coefficient (Wildman–Crippen LogP) is 1.90. The molecule has 126 valence electrons. The monoisotopic (exact) mass is 348 g/mol. The van der Waals surface area contributed by atoms with Crippen LogP contribution in [0, 0.1) is 10.1 Å². The first-order chi connectivity index (χ1) is 11.7. The SMILES string of the molecule is O=[N+]([O-])c1ccc(Sc2nnc(N3CCOCC3)n2C2CC2)nc1. The minimum absolute atomic E-state index is 0.0167. The number of anilines is 1. The summed E-state index contributed by atoms with van der Waals surface area (Å²) >= 11 is 1.39. The molecule has 0 unspecified atom stereocenters. The minimum atomic E-state index is -0.454. The molecular formula is C14H16N6O3S. The topological polar surface area (TPSA) is 99.2 Å². The van der Waals surface area contributed by atoms with E-state index in [2.05, 4.69) is 24.6 Å². The van der Waals surface area contributed by atoms with Crippen LogP contribution in [-0.2, 0) is 4.74 Å². The van der Waals surface area contributed by atoms with Gasteiger partial charge in [-0.3, -0.25) is 14.7 Å². The quantitative estimate of drug-likeness (QED) is 0.597. The zero-order chi connectivity index (χ0) is 16.5. The molecule has 0 spiro atoms. The lowest BCUT2D eigenvalue weighted by Gasteiger charge is -2.27. The van der Waals surface area contributed by atoms with Gasteiger partial charge in [0.15, 0.2) is 5.16 Å². The van der Waals surface area contributed by atoms with Crippen LogP contribution in [0.2, 0.25) is 0 Å². The highest BCUT2D eigenvalue weighted by atomic mass is 32.2. The van der Waals surface area contributed by atoms with Gasteiger partial charge in [-0.15, -0.1) is 10.2 Å². The summed E-state index contributed by atoms with van der Waals surface area (Å²) in [5, 5.41) is 20.9. The number of ether oxygens (including phenoxy) is 1. The molecule has 0 bridgehead atoms. The molecule has 2 aliphatic rings. The molecule has 1 saturated heterocycles. The Morgan fingerprint density at radius 2 is 2.04 bits per heavy atom. The normalized spacial score (nSPS) is 17.9. The summed E-state index contributed by atoms with van der Waals surface area (Å²) < 4.78 is 7.57. The highest BCUT2D eigenvalue weighted by molar-refractivity contribution is 7.99. The van der Waals surface area contributed by atoms with E-state index in [1.54, 1.807) is 6.07 Å². The van der Waals surface area contributed by atoms with E-state index in [9.17, 15) is 10.1 Å². The average Bonchev–Trinajstić information content (AvgIpc) is 3.37. The molecule has 0 aromatic carbocycles. The smallest absolute Gasteiger partial charge is 0.287 e. The van der Waals surface area contributed by atoms with Gasteiger partial charge in [-0.25, -0.2) is 4.98 Å². The summed E-state index contributed by atoms with van der Waals surface area (Å²) in [6, 6.07) is 3.53. The van der Waals surface area contributed by atoms with Crippen LogP contribution < -0.4 is 4.90 Å². The summed E-state index contributed by atoms with van der Waals surface area (Å²) in [4.78, 5) is 16.6. The summed E-state index contributed by atoms with van der Waals surface area (Å²) in [6.07, 6.45) is 3.51. The van der Waals surface area contributed by atoms with Gasteiger partial charge in [0.1, 0.15) is 11.2 Å². The molecule has 0 N–H and O–H groups in total. The van der Waals surface area contributed by atoms with E-state index in [1.807, 2.05) is 0 Å². The fourth-order valence-corrected chi connectivity index (χ4v) is 3.44. The lowest BCUT2D eigenvalue weighted by atomic mass is 10.4. The number of hydrogen-bond donors (Lipinski definition) is 0. The molecule has 2 fully saturated rings. The van der Waals surface area contributed by atoms with Crippen molar-refractivity contribution in [3.05, 3.63) is 28.4 Å². The van der Waals surface area contributed by atoms with Gasteiger partial charge >= 0.3 is 0 Å². The minimum Gasteiger partial charge on any atom is -0.378 e. The fourth-order valence-electron chi connectivity index (χ4n) is 2.60. The van der Waals surface area contributed by atoms with Crippen LogP contribution >= 0.6 is 11.8 Å². The van der Waals surface area contributed by atoms with Crippen molar-refractivity contribution in [2.75, 3.05) is 31.2 Å². The van der Waals surface area contributed by atoms with Gasteiger partial charge in [-0.2, -0.15) is 0 Å². The molecule has 1 aliphatic carbocycles. The molecule has 3 heterocycles. The fraction of sp³-hybridized carbons (Fsp3) is 0.500. The maximum absolute atomic E-state index is 10.7. The van der Waals surface area contributed by atoms with Crippen molar-refractivity contribution in [2.45, 2.75) is 29.1 Å². The van der Waals surface area contributed by atoms with Crippen molar-refractivity contribution in [1.29, 1.82) is 0 Å². The van der Waals surface area contributed by atoms with Gasteiger partial charge in [0.25, 0.3) is 5.69 Å². The molecule has 0 radical (unpaired) electrons. The Kier molecular flexibility index (Phi) is 4.07. The standard InChI is InChI=1S/C14H16N6O3S/c21-20(22)11-3-4-12(15-9-11)24-14-17-16-13(19(14)10-1-2-10)18-5-7-23-8-6-18/h3-4,9-10H,1-2,5-8H2. The van der Waals surface area contributed by atoms with Crippen molar-refractivity contribution < 1.29 is 9.66 Å². The van der Waals surface area contributed by atoms with Crippen LogP contribution in [0.5, 0.6) is 0 Å². The second-order valence-corrected chi connectivity index (χ2v) is 6.68. The first kappa shape index (κ1) is 15.3. The highest BCUT2D eigenvalue weighted by Crippen LogP contribution is 2.42. The number of hydrogen-bond acceptors (Lipinski definition) is 8. The first-order valence-corrected chi connectivity index (χ1v) is 8.60. The van der Waals surface area contributed by atoms with E-state index in [-0.39, 0.29) is 5.69 Å². The maximum atomic E-state index is 10.7. The lowest BCUT2D eigenvalue weighted by Crippen LogP contribution is -2.38. The molecule has 1 aliphatic heterocycles. The summed E-state index contributed by atoms with van der Waals surface area (Å²) in [5.74, 6) is 0.880. The Morgan fingerprint density at radius 1 is 1.25 bits per heavy atom. The van der Waals surface area contributed by atoms with Crippen molar-refractivity contribution in [3.63, 3.8) is 0 Å². The molecular weight excluding hydrogens is 332 g/mol. The first-order valence-electron chi connectivity index (χ1n) is 7.78. The molecule has 24 heavy (non-hydrogen) atoms.